The van der Waals surface area contributed by atoms with Gasteiger partial charge in [0.15, 0.2) is 0 Å². The third kappa shape index (κ3) is 2.33. The van der Waals surface area contributed by atoms with Crippen LogP contribution in [-0.4, -0.2) is 32.4 Å². The Morgan fingerprint density at radius 2 is 2.05 bits per heavy atom. The molecule has 1 aromatic rings. The normalized spacial score (nSPS) is 27.1. The highest BCUT2D eigenvalue weighted by molar-refractivity contribution is 7.89. The third-order valence-corrected chi connectivity index (χ3v) is 6.58. The fraction of sp³-hybridized carbons (Fsp3) is 0.600. The molecule has 0 saturated carbocycles. The number of nitrogens with one attached hydrogen (secondary N) is 1. The van der Waals surface area contributed by atoms with Crippen LogP contribution in [0.5, 0.6) is 0 Å². The molecule has 2 aliphatic rings. The van der Waals surface area contributed by atoms with E-state index in [2.05, 4.69) is 19.2 Å². The molecule has 5 heteroatoms. The minimum absolute atomic E-state index is 0.426. The van der Waals surface area contributed by atoms with Crippen molar-refractivity contribution in [2.45, 2.75) is 31.6 Å². The molecular weight excluding hydrogens is 272 g/mol. The van der Waals surface area contributed by atoms with Crippen LogP contribution in [0.15, 0.2) is 23.1 Å². The first-order valence-electron chi connectivity index (χ1n) is 7.35. The van der Waals surface area contributed by atoms with Crippen LogP contribution in [0, 0.1) is 11.8 Å². The van der Waals surface area contributed by atoms with E-state index < -0.39 is 10.0 Å². The van der Waals surface area contributed by atoms with Crippen LogP contribution in [0.4, 0.5) is 5.69 Å². The summed E-state index contributed by atoms with van der Waals surface area (Å²) in [5, 5.41) is 3.26. The number of piperidine rings is 1. The second-order valence-corrected chi connectivity index (χ2v) is 8.04. The maximum atomic E-state index is 12.7. The summed E-state index contributed by atoms with van der Waals surface area (Å²) in [4.78, 5) is 0.446. The average molecular weight is 294 g/mol. The van der Waals surface area contributed by atoms with E-state index >= 15 is 0 Å². The van der Waals surface area contributed by atoms with Crippen molar-refractivity contribution in [3.05, 3.63) is 23.8 Å². The molecule has 1 fully saturated rings. The van der Waals surface area contributed by atoms with E-state index in [1.165, 1.54) is 0 Å². The summed E-state index contributed by atoms with van der Waals surface area (Å²) >= 11 is 0. The molecule has 2 unspecified atom stereocenters. The first-order valence-corrected chi connectivity index (χ1v) is 8.79. The molecule has 3 rings (SSSR count). The van der Waals surface area contributed by atoms with Crippen LogP contribution in [0.25, 0.3) is 0 Å². The van der Waals surface area contributed by atoms with E-state index in [-0.39, 0.29) is 0 Å². The maximum absolute atomic E-state index is 12.7. The number of anilines is 1. The molecule has 2 aliphatic heterocycles. The molecule has 20 heavy (non-hydrogen) atoms. The molecule has 0 aromatic heterocycles. The topological polar surface area (TPSA) is 49.4 Å². The zero-order valence-electron chi connectivity index (χ0n) is 12.1. The summed E-state index contributed by atoms with van der Waals surface area (Å²) in [5.41, 5.74) is 2.19. The zero-order valence-corrected chi connectivity index (χ0v) is 12.9. The second-order valence-electron chi connectivity index (χ2n) is 6.10. The largest absolute Gasteiger partial charge is 0.384 e. The van der Waals surface area contributed by atoms with Crippen LogP contribution in [0.2, 0.25) is 0 Å². The molecule has 0 bridgehead atoms. The van der Waals surface area contributed by atoms with Crippen molar-refractivity contribution in [2.75, 3.05) is 25.0 Å². The maximum Gasteiger partial charge on any atom is 0.243 e. The monoisotopic (exact) mass is 294 g/mol. The molecule has 0 radical (unpaired) electrons. The van der Waals surface area contributed by atoms with Gasteiger partial charge < -0.3 is 5.32 Å². The summed E-state index contributed by atoms with van der Waals surface area (Å²) in [6, 6.07) is 5.47. The third-order valence-electron chi connectivity index (χ3n) is 4.72. The smallest absolute Gasteiger partial charge is 0.243 e. The Labute approximate surface area is 121 Å². The summed E-state index contributed by atoms with van der Waals surface area (Å²) < 4.78 is 27.1. The number of hydrogen-bond donors (Lipinski definition) is 1. The highest BCUT2D eigenvalue weighted by atomic mass is 32.2. The first kappa shape index (κ1) is 13.9. The fourth-order valence-corrected chi connectivity index (χ4v) is 4.64. The predicted molar refractivity (Wildman–Crippen MR) is 80.3 cm³/mol. The second kappa shape index (κ2) is 5.04. The van der Waals surface area contributed by atoms with Crippen molar-refractivity contribution in [3.63, 3.8) is 0 Å². The van der Waals surface area contributed by atoms with Gasteiger partial charge in [-0.05, 0) is 48.4 Å². The lowest BCUT2D eigenvalue weighted by atomic mass is 9.90. The van der Waals surface area contributed by atoms with Gasteiger partial charge in [0.25, 0.3) is 0 Å². The lowest BCUT2D eigenvalue weighted by Crippen LogP contribution is -2.42. The van der Waals surface area contributed by atoms with Gasteiger partial charge >= 0.3 is 0 Å². The number of rotatable bonds is 2. The quantitative estimate of drug-likeness (QED) is 0.910. The Morgan fingerprint density at radius 3 is 2.80 bits per heavy atom. The van der Waals surface area contributed by atoms with E-state index in [0.717, 1.165) is 30.6 Å². The van der Waals surface area contributed by atoms with Crippen molar-refractivity contribution in [3.8, 4) is 0 Å². The summed E-state index contributed by atoms with van der Waals surface area (Å²) in [5.74, 6) is 1.03. The lowest BCUT2D eigenvalue weighted by molar-refractivity contribution is 0.212. The Bertz CT molecular complexity index is 612. The first-order chi connectivity index (χ1) is 9.48. The molecule has 1 aromatic carbocycles. The Morgan fingerprint density at radius 1 is 1.25 bits per heavy atom. The van der Waals surface area contributed by atoms with Gasteiger partial charge in [0, 0.05) is 25.3 Å². The van der Waals surface area contributed by atoms with E-state index in [1.54, 1.807) is 10.4 Å². The van der Waals surface area contributed by atoms with Crippen LogP contribution >= 0.6 is 0 Å². The molecule has 110 valence electrons. The van der Waals surface area contributed by atoms with E-state index in [9.17, 15) is 8.42 Å². The number of nitrogens with zero attached hydrogens (tertiary/aromatic N) is 1. The van der Waals surface area contributed by atoms with Crippen LogP contribution in [-0.2, 0) is 16.4 Å². The standard InChI is InChI=1S/C15H22N2O2S/c1-11-6-8-17(10-12(11)2)20(18,19)14-3-4-15-13(9-14)5-7-16-15/h3-4,9,11-12,16H,5-8,10H2,1-2H3. The fourth-order valence-electron chi connectivity index (χ4n) is 3.03. The molecular formula is C15H22N2O2S. The van der Waals surface area contributed by atoms with Gasteiger partial charge in [0.2, 0.25) is 10.0 Å². The van der Waals surface area contributed by atoms with Crippen molar-refractivity contribution >= 4 is 15.7 Å². The van der Waals surface area contributed by atoms with Crippen LogP contribution in [0.1, 0.15) is 25.8 Å². The lowest BCUT2D eigenvalue weighted by Gasteiger charge is -2.34. The number of hydrogen-bond acceptors (Lipinski definition) is 3. The molecule has 0 aliphatic carbocycles. The number of sulfonamides is 1. The predicted octanol–water partition coefficient (Wildman–Crippen LogP) is 2.32. The Hall–Kier alpha value is -1.07. The van der Waals surface area contributed by atoms with Crippen LogP contribution < -0.4 is 5.32 Å². The van der Waals surface area contributed by atoms with Crippen LogP contribution in [0.3, 0.4) is 0 Å². The minimum atomic E-state index is -3.33. The summed E-state index contributed by atoms with van der Waals surface area (Å²) in [6.07, 6.45) is 1.86. The van der Waals surface area contributed by atoms with Gasteiger partial charge in [-0.3, -0.25) is 0 Å². The molecule has 2 atom stereocenters. The SMILES string of the molecule is CC1CCN(S(=O)(=O)c2ccc3c(c2)CCN3)CC1C. The zero-order chi connectivity index (χ0) is 14.3. The van der Waals surface area contributed by atoms with Gasteiger partial charge in [0.1, 0.15) is 0 Å². The van der Waals surface area contributed by atoms with Gasteiger partial charge in [-0.15, -0.1) is 0 Å². The summed E-state index contributed by atoms with van der Waals surface area (Å²) in [7, 11) is -3.33. The minimum Gasteiger partial charge on any atom is -0.384 e. The average Bonchev–Trinajstić information content (AvgIpc) is 2.89. The van der Waals surface area contributed by atoms with Crippen molar-refractivity contribution < 1.29 is 8.42 Å². The van der Waals surface area contributed by atoms with E-state index in [4.69, 9.17) is 0 Å². The van der Waals surface area contributed by atoms with Gasteiger partial charge in [-0.25, -0.2) is 8.42 Å². The van der Waals surface area contributed by atoms with E-state index in [0.29, 0.717) is 29.8 Å². The molecule has 0 amide bonds. The van der Waals surface area contributed by atoms with E-state index in [1.807, 2.05) is 12.1 Å². The Kier molecular flexibility index (Phi) is 3.50. The molecule has 0 spiro atoms. The number of fused-ring (bicyclic) bond motifs is 1. The van der Waals surface area contributed by atoms with Crippen molar-refractivity contribution in [1.29, 1.82) is 0 Å². The van der Waals surface area contributed by atoms with Gasteiger partial charge in [-0.1, -0.05) is 13.8 Å². The highest BCUT2D eigenvalue weighted by Gasteiger charge is 2.32. The molecule has 4 nitrogen and oxygen atoms in total. The number of benzene rings is 1. The Balaban J connectivity index is 1.88. The summed E-state index contributed by atoms with van der Waals surface area (Å²) in [6.45, 7) is 6.52. The molecule has 1 saturated heterocycles. The van der Waals surface area contributed by atoms with Gasteiger partial charge in [-0.2, -0.15) is 4.31 Å². The van der Waals surface area contributed by atoms with Crippen molar-refractivity contribution in [1.82, 2.24) is 4.31 Å². The molecule has 2 heterocycles. The van der Waals surface area contributed by atoms with Crippen molar-refractivity contribution in [2.24, 2.45) is 11.8 Å². The van der Waals surface area contributed by atoms with Gasteiger partial charge in [0.05, 0.1) is 4.90 Å². The molecule has 1 N–H and O–H groups in total. The highest BCUT2D eigenvalue weighted by Crippen LogP contribution is 2.30.